The normalized spacial score (nSPS) is 16.8. The fourth-order valence-corrected chi connectivity index (χ4v) is 2.72. The van der Waals surface area contributed by atoms with Crippen molar-refractivity contribution in [3.63, 3.8) is 0 Å². The van der Waals surface area contributed by atoms with Gasteiger partial charge in [0.2, 0.25) is 5.91 Å². The first-order valence-electron chi connectivity index (χ1n) is 7.40. The Morgan fingerprint density at radius 1 is 1.38 bits per heavy atom. The van der Waals surface area contributed by atoms with Gasteiger partial charge in [-0.2, -0.15) is 0 Å². The number of aromatic nitrogens is 1. The van der Waals surface area contributed by atoms with Crippen LogP contribution in [-0.4, -0.2) is 53.1 Å². The SMILES string of the molecule is CN1CCC(CCNC(=O)Cn2cccc2C(=O)O)CC1. The Kier molecular flexibility index (Phi) is 5.38. The number of rotatable bonds is 6. The van der Waals surface area contributed by atoms with Crippen LogP contribution in [0.15, 0.2) is 18.3 Å². The average Bonchev–Trinajstić information content (AvgIpc) is 2.89. The van der Waals surface area contributed by atoms with Crippen LogP contribution in [0.1, 0.15) is 29.8 Å². The number of aromatic carboxylic acids is 1. The highest BCUT2D eigenvalue weighted by atomic mass is 16.4. The second-order valence-electron chi connectivity index (χ2n) is 5.71. The monoisotopic (exact) mass is 293 g/mol. The van der Waals surface area contributed by atoms with Crippen LogP contribution >= 0.6 is 0 Å². The van der Waals surface area contributed by atoms with E-state index in [2.05, 4.69) is 17.3 Å². The molecule has 1 saturated heterocycles. The molecule has 116 valence electrons. The van der Waals surface area contributed by atoms with Crippen molar-refractivity contribution in [1.29, 1.82) is 0 Å². The molecule has 2 N–H and O–H groups in total. The Morgan fingerprint density at radius 2 is 2.10 bits per heavy atom. The van der Waals surface area contributed by atoms with Crippen LogP contribution in [0.3, 0.4) is 0 Å². The van der Waals surface area contributed by atoms with Crippen molar-refractivity contribution < 1.29 is 14.7 Å². The van der Waals surface area contributed by atoms with Crippen molar-refractivity contribution in [3.8, 4) is 0 Å². The lowest BCUT2D eigenvalue weighted by Crippen LogP contribution is -2.33. The molecule has 2 heterocycles. The lowest BCUT2D eigenvalue weighted by Gasteiger charge is -2.28. The molecule has 0 aliphatic carbocycles. The first kappa shape index (κ1) is 15.6. The summed E-state index contributed by atoms with van der Waals surface area (Å²) in [5, 5.41) is 11.9. The molecule has 1 aromatic heterocycles. The maximum Gasteiger partial charge on any atom is 0.352 e. The maximum atomic E-state index is 11.8. The van der Waals surface area contributed by atoms with E-state index in [-0.39, 0.29) is 18.1 Å². The highest BCUT2D eigenvalue weighted by Gasteiger charge is 2.16. The number of carbonyl (C=O) groups is 2. The van der Waals surface area contributed by atoms with Crippen LogP contribution in [0.4, 0.5) is 0 Å². The van der Waals surface area contributed by atoms with Gasteiger partial charge in [0.05, 0.1) is 0 Å². The number of piperidine rings is 1. The summed E-state index contributed by atoms with van der Waals surface area (Å²) in [6.07, 6.45) is 4.98. The van der Waals surface area contributed by atoms with E-state index in [0.717, 1.165) is 19.5 Å². The molecule has 1 aromatic rings. The third-order valence-corrected chi connectivity index (χ3v) is 4.08. The fourth-order valence-electron chi connectivity index (χ4n) is 2.72. The number of carboxylic acids is 1. The fraction of sp³-hybridized carbons (Fsp3) is 0.600. The van der Waals surface area contributed by atoms with Gasteiger partial charge >= 0.3 is 5.97 Å². The lowest BCUT2D eigenvalue weighted by atomic mass is 9.94. The van der Waals surface area contributed by atoms with E-state index in [0.29, 0.717) is 12.5 Å². The standard InChI is InChI=1S/C15H23N3O3/c1-17-9-5-12(6-10-17)4-7-16-14(19)11-18-8-2-3-13(18)15(20)21/h2-3,8,12H,4-7,9-11H2,1H3,(H,16,19)(H,20,21). The van der Waals surface area contributed by atoms with Gasteiger partial charge in [-0.25, -0.2) is 4.79 Å². The van der Waals surface area contributed by atoms with Crippen LogP contribution < -0.4 is 5.32 Å². The Morgan fingerprint density at radius 3 is 2.76 bits per heavy atom. The van der Waals surface area contributed by atoms with E-state index in [4.69, 9.17) is 5.11 Å². The number of likely N-dealkylation sites (tertiary alicyclic amines) is 1. The van der Waals surface area contributed by atoms with Gasteiger partial charge in [-0.1, -0.05) is 0 Å². The van der Waals surface area contributed by atoms with Gasteiger partial charge in [0.25, 0.3) is 0 Å². The predicted molar refractivity (Wildman–Crippen MR) is 79.2 cm³/mol. The number of nitrogens with zero attached hydrogens (tertiary/aromatic N) is 2. The molecule has 0 bridgehead atoms. The molecule has 2 rings (SSSR count). The van der Waals surface area contributed by atoms with Crippen molar-refractivity contribution in [2.75, 3.05) is 26.7 Å². The largest absolute Gasteiger partial charge is 0.477 e. The number of hydrogen-bond donors (Lipinski definition) is 2. The van der Waals surface area contributed by atoms with Gasteiger partial charge in [-0.05, 0) is 57.5 Å². The summed E-state index contributed by atoms with van der Waals surface area (Å²) in [4.78, 5) is 25.1. The summed E-state index contributed by atoms with van der Waals surface area (Å²) in [5.41, 5.74) is 0.139. The summed E-state index contributed by atoms with van der Waals surface area (Å²) in [6.45, 7) is 2.98. The summed E-state index contributed by atoms with van der Waals surface area (Å²) < 4.78 is 1.45. The van der Waals surface area contributed by atoms with Gasteiger partial charge in [-0.3, -0.25) is 4.79 Å². The molecule has 0 spiro atoms. The molecular formula is C15H23N3O3. The summed E-state index contributed by atoms with van der Waals surface area (Å²) in [5.74, 6) is -0.469. The molecule has 0 atom stereocenters. The quantitative estimate of drug-likeness (QED) is 0.821. The predicted octanol–water partition coefficient (Wildman–Crippen LogP) is 1.03. The van der Waals surface area contributed by atoms with Crippen molar-refractivity contribution in [2.24, 2.45) is 5.92 Å². The average molecular weight is 293 g/mol. The van der Waals surface area contributed by atoms with E-state index in [1.54, 1.807) is 12.3 Å². The molecule has 1 aliphatic rings. The molecule has 0 unspecified atom stereocenters. The minimum absolute atomic E-state index is 0.0576. The minimum Gasteiger partial charge on any atom is -0.477 e. The molecule has 0 aromatic carbocycles. The van der Waals surface area contributed by atoms with E-state index in [1.807, 2.05) is 0 Å². The molecule has 0 saturated carbocycles. The second kappa shape index (κ2) is 7.26. The minimum atomic E-state index is -1.01. The second-order valence-corrected chi connectivity index (χ2v) is 5.71. The van der Waals surface area contributed by atoms with E-state index >= 15 is 0 Å². The van der Waals surface area contributed by atoms with Gasteiger partial charge in [-0.15, -0.1) is 0 Å². The van der Waals surface area contributed by atoms with Gasteiger partial charge < -0.3 is 19.9 Å². The maximum absolute atomic E-state index is 11.8. The van der Waals surface area contributed by atoms with Crippen molar-refractivity contribution in [3.05, 3.63) is 24.0 Å². The van der Waals surface area contributed by atoms with Crippen molar-refractivity contribution in [1.82, 2.24) is 14.8 Å². The molecule has 6 nitrogen and oxygen atoms in total. The Bertz CT molecular complexity index is 490. The van der Waals surface area contributed by atoms with Crippen LogP contribution in [0, 0.1) is 5.92 Å². The third kappa shape index (κ3) is 4.60. The van der Waals surface area contributed by atoms with E-state index < -0.39 is 5.97 Å². The van der Waals surface area contributed by atoms with Crippen molar-refractivity contribution >= 4 is 11.9 Å². The highest BCUT2D eigenvalue weighted by molar-refractivity contribution is 5.86. The first-order valence-corrected chi connectivity index (χ1v) is 7.40. The van der Waals surface area contributed by atoms with Gasteiger partial charge in [0.15, 0.2) is 0 Å². The molecule has 1 amide bonds. The number of nitrogens with one attached hydrogen (secondary N) is 1. The molecule has 0 radical (unpaired) electrons. The topological polar surface area (TPSA) is 74.6 Å². The third-order valence-electron chi connectivity index (χ3n) is 4.08. The summed E-state index contributed by atoms with van der Waals surface area (Å²) in [7, 11) is 2.13. The van der Waals surface area contributed by atoms with E-state index in [9.17, 15) is 9.59 Å². The lowest BCUT2D eigenvalue weighted by molar-refractivity contribution is -0.121. The first-order chi connectivity index (χ1) is 10.1. The van der Waals surface area contributed by atoms with Gasteiger partial charge in [0, 0.05) is 12.7 Å². The molecular weight excluding hydrogens is 270 g/mol. The summed E-state index contributed by atoms with van der Waals surface area (Å²) >= 11 is 0. The zero-order valence-electron chi connectivity index (χ0n) is 12.4. The number of carboxylic acid groups (broad SMARTS) is 1. The Labute approximate surface area is 124 Å². The van der Waals surface area contributed by atoms with Crippen LogP contribution in [0.5, 0.6) is 0 Å². The number of carbonyl (C=O) groups excluding carboxylic acids is 1. The number of hydrogen-bond acceptors (Lipinski definition) is 3. The van der Waals surface area contributed by atoms with Crippen LogP contribution in [0.2, 0.25) is 0 Å². The molecule has 6 heteroatoms. The molecule has 21 heavy (non-hydrogen) atoms. The zero-order chi connectivity index (χ0) is 15.2. The molecule has 1 fully saturated rings. The van der Waals surface area contributed by atoms with Crippen LogP contribution in [0.25, 0.3) is 0 Å². The number of amides is 1. The Balaban J connectivity index is 1.70. The highest BCUT2D eigenvalue weighted by Crippen LogP contribution is 2.18. The zero-order valence-corrected chi connectivity index (χ0v) is 12.4. The van der Waals surface area contributed by atoms with Crippen LogP contribution in [-0.2, 0) is 11.3 Å². The molecule has 1 aliphatic heterocycles. The van der Waals surface area contributed by atoms with Gasteiger partial charge in [0.1, 0.15) is 12.2 Å². The summed E-state index contributed by atoms with van der Waals surface area (Å²) in [6, 6.07) is 3.13. The Hall–Kier alpha value is -1.82. The smallest absolute Gasteiger partial charge is 0.352 e. The van der Waals surface area contributed by atoms with Crippen molar-refractivity contribution in [2.45, 2.75) is 25.8 Å². The van der Waals surface area contributed by atoms with E-state index in [1.165, 1.54) is 23.5 Å².